The molecule has 1 aromatic heterocycles. The zero-order chi connectivity index (χ0) is 13.8. The Hall–Kier alpha value is -1.68. The van der Waals surface area contributed by atoms with Gasteiger partial charge in [-0.15, -0.1) is 24.8 Å². The highest BCUT2D eigenvalue weighted by molar-refractivity contribution is 6.17. The molecule has 0 amide bonds. The standard InChI is InChI=1S/C10H8ClF3N2O2/c1-17-8-4-6(2-3-15)16-7(5-11)9(8)18-10(12,13)14/h4H,2,5H2,1H3. The summed E-state index contributed by atoms with van der Waals surface area (Å²) in [5.41, 5.74) is 0.137. The summed E-state index contributed by atoms with van der Waals surface area (Å²) in [5, 5.41) is 8.53. The van der Waals surface area contributed by atoms with Gasteiger partial charge in [-0.3, -0.25) is 4.98 Å². The molecule has 0 unspecified atom stereocenters. The molecule has 98 valence electrons. The SMILES string of the molecule is COc1cc(CC#N)nc(CCl)c1OC(F)(F)F. The highest BCUT2D eigenvalue weighted by atomic mass is 35.5. The number of ether oxygens (including phenoxy) is 2. The van der Waals surface area contributed by atoms with Crippen molar-refractivity contribution in [3.05, 3.63) is 17.5 Å². The first kappa shape index (κ1) is 14.4. The molecular weight excluding hydrogens is 273 g/mol. The molecule has 0 bridgehead atoms. The van der Waals surface area contributed by atoms with Gasteiger partial charge in [0.05, 0.1) is 31.2 Å². The molecular formula is C10H8ClF3N2O2. The van der Waals surface area contributed by atoms with Crippen molar-refractivity contribution in [3.63, 3.8) is 0 Å². The van der Waals surface area contributed by atoms with Gasteiger partial charge in [-0.05, 0) is 0 Å². The summed E-state index contributed by atoms with van der Waals surface area (Å²) in [4.78, 5) is 3.81. The van der Waals surface area contributed by atoms with E-state index in [0.717, 1.165) is 0 Å². The number of hydrogen-bond acceptors (Lipinski definition) is 4. The van der Waals surface area contributed by atoms with Gasteiger partial charge in [-0.25, -0.2) is 0 Å². The van der Waals surface area contributed by atoms with E-state index in [4.69, 9.17) is 21.6 Å². The Labute approximate surface area is 106 Å². The maximum absolute atomic E-state index is 12.2. The first-order chi connectivity index (χ1) is 8.41. The lowest BCUT2D eigenvalue weighted by Gasteiger charge is -2.15. The van der Waals surface area contributed by atoms with Crippen molar-refractivity contribution in [3.8, 4) is 17.6 Å². The third kappa shape index (κ3) is 3.67. The highest BCUT2D eigenvalue weighted by Crippen LogP contribution is 2.36. The van der Waals surface area contributed by atoms with Crippen LogP contribution in [0.5, 0.6) is 11.5 Å². The van der Waals surface area contributed by atoms with Crippen molar-refractivity contribution in [1.29, 1.82) is 5.26 Å². The Bertz CT molecular complexity index is 446. The average molecular weight is 281 g/mol. The molecule has 0 aliphatic carbocycles. The smallest absolute Gasteiger partial charge is 0.493 e. The maximum atomic E-state index is 12.2. The number of hydrogen-bond donors (Lipinski definition) is 0. The van der Waals surface area contributed by atoms with E-state index in [1.54, 1.807) is 0 Å². The Morgan fingerprint density at radius 2 is 2.17 bits per heavy atom. The van der Waals surface area contributed by atoms with Crippen LogP contribution in [0.4, 0.5) is 13.2 Å². The fourth-order valence-electron chi connectivity index (χ4n) is 1.25. The molecule has 0 atom stereocenters. The number of aromatic nitrogens is 1. The lowest BCUT2D eigenvalue weighted by Crippen LogP contribution is -2.19. The largest absolute Gasteiger partial charge is 0.573 e. The van der Waals surface area contributed by atoms with Crippen LogP contribution in [-0.2, 0) is 12.3 Å². The molecule has 0 saturated heterocycles. The van der Waals surface area contributed by atoms with E-state index >= 15 is 0 Å². The second kappa shape index (κ2) is 5.78. The van der Waals surface area contributed by atoms with Crippen LogP contribution in [0, 0.1) is 11.3 Å². The minimum absolute atomic E-state index is 0.0629. The van der Waals surface area contributed by atoms with Gasteiger partial charge in [0.1, 0.15) is 5.69 Å². The Kier molecular flexibility index (Phi) is 4.62. The van der Waals surface area contributed by atoms with Crippen LogP contribution in [0.15, 0.2) is 6.07 Å². The number of methoxy groups -OCH3 is 1. The summed E-state index contributed by atoms with van der Waals surface area (Å²) < 4.78 is 45.3. The zero-order valence-electron chi connectivity index (χ0n) is 9.21. The fourth-order valence-corrected chi connectivity index (χ4v) is 1.44. The quantitative estimate of drug-likeness (QED) is 0.796. The summed E-state index contributed by atoms with van der Waals surface area (Å²) >= 11 is 5.51. The second-order valence-corrected chi connectivity index (χ2v) is 3.38. The number of halogens is 4. The number of rotatable bonds is 4. The van der Waals surface area contributed by atoms with Gasteiger partial charge in [-0.1, -0.05) is 0 Å². The van der Waals surface area contributed by atoms with Gasteiger partial charge in [0, 0.05) is 6.07 Å². The van der Waals surface area contributed by atoms with Crippen molar-refractivity contribution >= 4 is 11.6 Å². The highest BCUT2D eigenvalue weighted by Gasteiger charge is 2.34. The maximum Gasteiger partial charge on any atom is 0.573 e. The zero-order valence-corrected chi connectivity index (χ0v) is 9.97. The van der Waals surface area contributed by atoms with Crippen LogP contribution in [-0.4, -0.2) is 18.5 Å². The summed E-state index contributed by atoms with van der Waals surface area (Å²) in [5.74, 6) is -1.04. The molecule has 0 spiro atoms. The molecule has 0 radical (unpaired) electrons. The molecule has 1 rings (SSSR count). The summed E-state index contributed by atoms with van der Waals surface area (Å²) in [7, 11) is 1.19. The second-order valence-electron chi connectivity index (χ2n) is 3.11. The van der Waals surface area contributed by atoms with Crippen LogP contribution in [0.3, 0.4) is 0 Å². The summed E-state index contributed by atoms with van der Waals surface area (Å²) in [6.07, 6.45) is -4.93. The Balaban J connectivity index is 3.26. The van der Waals surface area contributed by atoms with E-state index in [0.29, 0.717) is 0 Å². The third-order valence-corrected chi connectivity index (χ3v) is 2.14. The molecule has 8 heteroatoms. The minimum Gasteiger partial charge on any atom is -0.493 e. The van der Waals surface area contributed by atoms with Gasteiger partial charge in [0.15, 0.2) is 11.5 Å². The predicted molar refractivity (Wildman–Crippen MR) is 56.3 cm³/mol. The van der Waals surface area contributed by atoms with Crippen molar-refractivity contribution in [2.45, 2.75) is 18.7 Å². The predicted octanol–water partition coefficient (Wildman–Crippen LogP) is 2.79. The third-order valence-electron chi connectivity index (χ3n) is 1.89. The average Bonchev–Trinajstić information content (AvgIpc) is 2.29. The van der Waals surface area contributed by atoms with Crippen molar-refractivity contribution < 1.29 is 22.6 Å². The first-order valence-corrected chi connectivity index (χ1v) is 5.20. The molecule has 0 saturated carbocycles. The molecule has 0 aromatic carbocycles. The fraction of sp³-hybridized carbons (Fsp3) is 0.400. The van der Waals surface area contributed by atoms with E-state index in [1.807, 2.05) is 6.07 Å². The molecule has 0 aliphatic rings. The normalized spacial score (nSPS) is 10.9. The van der Waals surface area contributed by atoms with Crippen LogP contribution in [0.1, 0.15) is 11.4 Å². The Morgan fingerprint density at radius 1 is 1.50 bits per heavy atom. The lowest BCUT2D eigenvalue weighted by atomic mass is 10.2. The van der Waals surface area contributed by atoms with Crippen LogP contribution >= 0.6 is 11.6 Å². The topological polar surface area (TPSA) is 55.1 Å². The summed E-state index contributed by atoms with van der Waals surface area (Å²) in [6, 6.07) is 3.04. The van der Waals surface area contributed by atoms with Gasteiger partial charge in [-0.2, -0.15) is 5.26 Å². The van der Waals surface area contributed by atoms with E-state index in [2.05, 4.69) is 9.72 Å². The van der Waals surface area contributed by atoms with E-state index in [1.165, 1.54) is 13.2 Å². The molecule has 4 nitrogen and oxygen atoms in total. The molecule has 1 aromatic rings. The first-order valence-electron chi connectivity index (χ1n) is 4.66. The van der Waals surface area contributed by atoms with Crippen LogP contribution in [0.2, 0.25) is 0 Å². The van der Waals surface area contributed by atoms with Gasteiger partial charge < -0.3 is 9.47 Å². The van der Waals surface area contributed by atoms with Crippen molar-refractivity contribution in [2.24, 2.45) is 0 Å². The summed E-state index contributed by atoms with van der Waals surface area (Å²) in [6.45, 7) is 0. The number of pyridine rings is 1. The van der Waals surface area contributed by atoms with Crippen molar-refractivity contribution in [1.82, 2.24) is 4.98 Å². The monoisotopic (exact) mass is 280 g/mol. The van der Waals surface area contributed by atoms with Crippen LogP contribution < -0.4 is 9.47 Å². The Morgan fingerprint density at radius 3 is 2.61 bits per heavy atom. The molecule has 0 N–H and O–H groups in total. The van der Waals surface area contributed by atoms with E-state index < -0.39 is 12.1 Å². The number of nitriles is 1. The van der Waals surface area contributed by atoms with Crippen molar-refractivity contribution in [2.75, 3.05) is 7.11 Å². The van der Waals surface area contributed by atoms with Gasteiger partial charge in [0.25, 0.3) is 0 Å². The number of alkyl halides is 4. The van der Waals surface area contributed by atoms with Gasteiger partial charge in [0.2, 0.25) is 0 Å². The molecule has 18 heavy (non-hydrogen) atoms. The van der Waals surface area contributed by atoms with E-state index in [9.17, 15) is 13.2 Å². The van der Waals surface area contributed by atoms with Gasteiger partial charge >= 0.3 is 6.36 Å². The lowest BCUT2D eigenvalue weighted by molar-refractivity contribution is -0.275. The molecule has 1 heterocycles. The minimum atomic E-state index is -4.87. The molecule has 0 fully saturated rings. The number of nitrogens with zero attached hydrogens (tertiary/aromatic N) is 2. The van der Waals surface area contributed by atoms with Crippen LogP contribution in [0.25, 0.3) is 0 Å². The molecule has 0 aliphatic heterocycles. The van der Waals surface area contributed by atoms with E-state index in [-0.39, 0.29) is 29.4 Å².